The molecule has 0 aliphatic carbocycles. The van der Waals surface area contributed by atoms with Crippen molar-refractivity contribution in [2.75, 3.05) is 10.6 Å². The number of carbonyl (C=O) groups is 2. The lowest BCUT2D eigenvalue weighted by Gasteiger charge is -2.33. The first-order valence-corrected chi connectivity index (χ1v) is 10.5. The first-order chi connectivity index (χ1) is 17.1. The number of amides is 2. The van der Waals surface area contributed by atoms with Gasteiger partial charge in [-0.2, -0.15) is 26.3 Å². The van der Waals surface area contributed by atoms with Crippen molar-refractivity contribution in [3.8, 4) is 0 Å². The van der Waals surface area contributed by atoms with Gasteiger partial charge in [0.15, 0.2) is 0 Å². The largest absolute Gasteiger partial charge is 0.430 e. The number of hydrogen-bond acceptors (Lipinski definition) is 3. The van der Waals surface area contributed by atoms with Crippen LogP contribution in [0, 0.1) is 19.7 Å². The second kappa shape index (κ2) is 9.85. The Labute approximate surface area is 205 Å². The van der Waals surface area contributed by atoms with Crippen LogP contribution in [0.1, 0.15) is 37.4 Å². The van der Waals surface area contributed by atoms with Crippen LogP contribution in [0.25, 0.3) is 0 Å². The summed E-state index contributed by atoms with van der Waals surface area (Å²) in [7, 11) is 0. The fraction of sp³-hybridized carbons (Fsp3) is 0.200. The molecule has 0 atom stereocenters. The maximum absolute atomic E-state index is 13.8. The highest BCUT2D eigenvalue weighted by Crippen LogP contribution is 2.50. The van der Waals surface area contributed by atoms with Crippen LogP contribution in [0.15, 0.2) is 60.7 Å². The van der Waals surface area contributed by atoms with E-state index in [4.69, 9.17) is 0 Å². The number of aryl methyl sites for hydroxylation is 2. The van der Waals surface area contributed by atoms with Gasteiger partial charge in [0.1, 0.15) is 5.82 Å². The highest BCUT2D eigenvalue weighted by atomic mass is 19.4. The van der Waals surface area contributed by atoms with Crippen molar-refractivity contribution >= 4 is 23.2 Å². The molecule has 0 bridgehead atoms. The minimum atomic E-state index is -6.05. The van der Waals surface area contributed by atoms with Gasteiger partial charge in [-0.1, -0.05) is 30.3 Å². The van der Waals surface area contributed by atoms with Crippen LogP contribution >= 0.6 is 0 Å². The summed E-state index contributed by atoms with van der Waals surface area (Å²) in [5, 5.41) is 14.5. The van der Waals surface area contributed by atoms with Crippen LogP contribution in [-0.4, -0.2) is 29.3 Å². The quantitative estimate of drug-likeness (QED) is 0.342. The van der Waals surface area contributed by atoms with Gasteiger partial charge in [0.25, 0.3) is 17.4 Å². The van der Waals surface area contributed by atoms with E-state index in [-0.39, 0.29) is 33.6 Å². The Morgan fingerprint density at radius 1 is 0.757 bits per heavy atom. The van der Waals surface area contributed by atoms with Gasteiger partial charge < -0.3 is 15.7 Å². The maximum Gasteiger partial charge on any atom is 0.430 e. The Hall–Kier alpha value is -3.93. The van der Waals surface area contributed by atoms with Crippen molar-refractivity contribution in [2.24, 2.45) is 0 Å². The summed E-state index contributed by atoms with van der Waals surface area (Å²) in [5.41, 5.74) is -7.08. The summed E-state index contributed by atoms with van der Waals surface area (Å²) >= 11 is 0. The molecular weight excluding hydrogens is 509 g/mol. The van der Waals surface area contributed by atoms with E-state index in [2.05, 4.69) is 10.6 Å². The average molecular weight is 528 g/mol. The van der Waals surface area contributed by atoms with Crippen LogP contribution in [0.5, 0.6) is 0 Å². The second-order valence-electron chi connectivity index (χ2n) is 8.16. The third-order valence-electron chi connectivity index (χ3n) is 5.51. The van der Waals surface area contributed by atoms with Gasteiger partial charge in [-0.05, 0) is 55.3 Å². The van der Waals surface area contributed by atoms with E-state index in [0.29, 0.717) is 12.1 Å². The zero-order valence-electron chi connectivity index (χ0n) is 19.2. The molecule has 3 aromatic carbocycles. The molecule has 0 heterocycles. The zero-order chi connectivity index (χ0) is 27.8. The number of halogens is 7. The van der Waals surface area contributed by atoms with Gasteiger partial charge in [0.2, 0.25) is 0 Å². The van der Waals surface area contributed by atoms with Gasteiger partial charge in [-0.25, -0.2) is 4.39 Å². The minimum absolute atomic E-state index is 0.0173. The Balaban J connectivity index is 1.87. The molecular formula is C25H19F7N2O3. The number of anilines is 2. The van der Waals surface area contributed by atoms with E-state index >= 15 is 0 Å². The molecule has 0 spiro atoms. The first kappa shape index (κ1) is 27.7. The molecule has 0 saturated heterocycles. The molecule has 2 amide bonds. The summed E-state index contributed by atoms with van der Waals surface area (Å²) in [6, 6.07) is 11.6. The maximum atomic E-state index is 13.8. The van der Waals surface area contributed by atoms with Gasteiger partial charge in [0, 0.05) is 22.5 Å². The molecule has 0 fully saturated rings. The lowest BCUT2D eigenvalue weighted by molar-refractivity contribution is -0.376. The van der Waals surface area contributed by atoms with E-state index < -0.39 is 41.1 Å². The predicted octanol–water partition coefficient (Wildman–Crippen LogP) is 6.26. The molecule has 37 heavy (non-hydrogen) atoms. The van der Waals surface area contributed by atoms with Crippen LogP contribution in [0.2, 0.25) is 0 Å². The van der Waals surface area contributed by atoms with E-state index in [9.17, 15) is 45.4 Å². The van der Waals surface area contributed by atoms with Gasteiger partial charge in [-0.3, -0.25) is 9.59 Å². The topological polar surface area (TPSA) is 78.4 Å². The van der Waals surface area contributed by atoms with Gasteiger partial charge in [-0.15, -0.1) is 0 Å². The van der Waals surface area contributed by atoms with Crippen LogP contribution < -0.4 is 10.6 Å². The highest BCUT2D eigenvalue weighted by molar-refractivity contribution is 6.08. The monoisotopic (exact) mass is 528 g/mol. The molecule has 3 rings (SSSR count). The van der Waals surface area contributed by atoms with E-state index in [1.807, 2.05) is 0 Å². The molecule has 0 unspecified atom stereocenters. The number of alkyl halides is 6. The first-order valence-electron chi connectivity index (χ1n) is 10.5. The molecule has 12 heteroatoms. The third-order valence-corrected chi connectivity index (χ3v) is 5.51. The number of hydrogen-bond donors (Lipinski definition) is 3. The number of rotatable bonds is 5. The average Bonchev–Trinajstić information content (AvgIpc) is 2.79. The normalized spacial score (nSPS) is 12.3. The Morgan fingerprint density at radius 3 is 1.86 bits per heavy atom. The van der Waals surface area contributed by atoms with Gasteiger partial charge >= 0.3 is 12.4 Å². The smallest absolute Gasteiger partial charge is 0.369 e. The second-order valence-corrected chi connectivity index (χ2v) is 8.16. The number of aliphatic hydroxyl groups is 1. The van der Waals surface area contributed by atoms with Crippen LogP contribution in [0.3, 0.4) is 0 Å². The van der Waals surface area contributed by atoms with Crippen LogP contribution in [-0.2, 0) is 5.60 Å². The van der Waals surface area contributed by atoms with E-state index in [0.717, 1.165) is 6.07 Å². The van der Waals surface area contributed by atoms with Crippen molar-refractivity contribution < 1.29 is 45.4 Å². The standard InChI is InChI=1S/C25H19F7N2O3/c1-13-10-16(23(37,24(27,28)29)25(30,31)32)11-14(2)20(13)34-21(35)15-6-5-7-17(12-15)33-22(36)18-8-3-4-9-19(18)26/h3-12,37H,1-2H3,(H,33,36)(H,34,35). The summed E-state index contributed by atoms with van der Waals surface area (Å²) in [5.74, 6) is -2.33. The van der Waals surface area contributed by atoms with Crippen LogP contribution in [0.4, 0.5) is 42.1 Å². The third kappa shape index (κ3) is 5.43. The van der Waals surface area contributed by atoms with E-state index in [1.54, 1.807) is 0 Å². The number of nitrogens with one attached hydrogen (secondary N) is 2. The molecule has 3 N–H and O–H groups in total. The summed E-state index contributed by atoms with van der Waals surface area (Å²) in [4.78, 5) is 25.1. The fourth-order valence-electron chi connectivity index (χ4n) is 3.63. The molecule has 0 aliphatic rings. The highest BCUT2D eigenvalue weighted by Gasteiger charge is 2.71. The number of benzene rings is 3. The predicted molar refractivity (Wildman–Crippen MR) is 121 cm³/mol. The van der Waals surface area contributed by atoms with Crippen molar-refractivity contribution in [2.45, 2.75) is 31.8 Å². The lowest BCUT2D eigenvalue weighted by Crippen LogP contribution is -2.54. The number of carbonyl (C=O) groups excluding carboxylic acids is 2. The van der Waals surface area contributed by atoms with Crippen molar-refractivity contribution in [3.63, 3.8) is 0 Å². The molecule has 0 saturated carbocycles. The Bertz CT molecular complexity index is 1310. The molecule has 5 nitrogen and oxygen atoms in total. The van der Waals surface area contributed by atoms with Crippen molar-refractivity contribution in [1.82, 2.24) is 0 Å². The SMILES string of the molecule is Cc1cc(C(O)(C(F)(F)F)C(F)(F)F)cc(C)c1NC(=O)c1cccc(NC(=O)c2ccccc2F)c1. The zero-order valence-corrected chi connectivity index (χ0v) is 19.2. The fourth-order valence-corrected chi connectivity index (χ4v) is 3.63. The summed E-state index contributed by atoms with van der Waals surface area (Å²) in [6.45, 7) is 2.34. The summed E-state index contributed by atoms with van der Waals surface area (Å²) < 4.78 is 93.3. The molecule has 196 valence electrons. The Kier molecular flexibility index (Phi) is 7.36. The van der Waals surface area contributed by atoms with Crippen molar-refractivity contribution in [3.05, 3.63) is 94.3 Å². The molecule has 0 radical (unpaired) electrons. The molecule has 0 aromatic heterocycles. The summed E-state index contributed by atoms with van der Waals surface area (Å²) in [6.07, 6.45) is -12.1. The minimum Gasteiger partial charge on any atom is -0.369 e. The Morgan fingerprint density at radius 2 is 1.32 bits per heavy atom. The van der Waals surface area contributed by atoms with Crippen molar-refractivity contribution in [1.29, 1.82) is 0 Å². The molecule has 0 aliphatic heterocycles. The van der Waals surface area contributed by atoms with E-state index in [1.165, 1.54) is 56.3 Å². The van der Waals surface area contributed by atoms with Gasteiger partial charge in [0.05, 0.1) is 5.56 Å². The lowest BCUT2D eigenvalue weighted by atomic mass is 9.89. The molecule has 3 aromatic rings.